The summed E-state index contributed by atoms with van der Waals surface area (Å²) in [6.07, 6.45) is 0.713. The summed E-state index contributed by atoms with van der Waals surface area (Å²) < 4.78 is 37.4. The molecular weight excluding hydrogens is 292 g/mol. The van der Waals surface area contributed by atoms with Gasteiger partial charge in [0.15, 0.2) is 11.6 Å². The van der Waals surface area contributed by atoms with Gasteiger partial charge in [0, 0.05) is 12.6 Å². The third kappa shape index (κ3) is 4.58. The van der Waals surface area contributed by atoms with Crippen LogP contribution in [0.4, 0.5) is 13.6 Å². The van der Waals surface area contributed by atoms with Crippen molar-refractivity contribution in [3.8, 4) is 5.75 Å². The van der Waals surface area contributed by atoms with Crippen LogP contribution in [0.5, 0.6) is 5.75 Å². The van der Waals surface area contributed by atoms with Crippen molar-refractivity contribution in [3.63, 3.8) is 0 Å². The number of ether oxygens (including phenoxy) is 2. The average Bonchev–Trinajstić information content (AvgIpc) is 2.40. The van der Waals surface area contributed by atoms with Crippen molar-refractivity contribution in [1.29, 1.82) is 0 Å². The Labute approximate surface area is 129 Å². The zero-order valence-corrected chi connectivity index (χ0v) is 13.1. The van der Waals surface area contributed by atoms with E-state index >= 15 is 0 Å². The van der Waals surface area contributed by atoms with Crippen LogP contribution in [0, 0.1) is 11.6 Å². The minimum absolute atomic E-state index is 0.00237. The van der Waals surface area contributed by atoms with Gasteiger partial charge in [0.05, 0.1) is 6.54 Å². The Balaban J connectivity index is 1.97. The predicted octanol–water partition coefficient (Wildman–Crippen LogP) is 3.74. The molecule has 0 aliphatic carbocycles. The van der Waals surface area contributed by atoms with E-state index in [9.17, 15) is 13.6 Å². The first kappa shape index (κ1) is 16.5. The lowest BCUT2D eigenvalue weighted by Crippen LogP contribution is -2.46. The van der Waals surface area contributed by atoms with Crippen LogP contribution in [0.15, 0.2) is 18.2 Å². The molecule has 0 saturated carbocycles. The van der Waals surface area contributed by atoms with Crippen molar-refractivity contribution in [2.24, 2.45) is 0 Å². The van der Waals surface area contributed by atoms with Gasteiger partial charge in [0.2, 0.25) is 0 Å². The van der Waals surface area contributed by atoms with Crippen molar-refractivity contribution < 1.29 is 23.0 Å². The lowest BCUT2D eigenvalue weighted by Gasteiger charge is -2.34. The maximum atomic E-state index is 13.6. The maximum absolute atomic E-state index is 13.6. The minimum atomic E-state index is -0.741. The van der Waals surface area contributed by atoms with Gasteiger partial charge in [-0.3, -0.25) is 0 Å². The van der Waals surface area contributed by atoms with Gasteiger partial charge in [0.1, 0.15) is 17.5 Å². The third-order valence-corrected chi connectivity index (χ3v) is 3.22. The van der Waals surface area contributed by atoms with Crippen molar-refractivity contribution in [3.05, 3.63) is 29.8 Å². The van der Waals surface area contributed by atoms with Gasteiger partial charge in [-0.1, -0.05) is 0 Å². The van der Waals surface area contributed by atoms with Crippen molar-refractivity contribution in [1.82, 2.24) is 4.90 Å². The minimum Gasteiger partial charge on any atom is -0.486 e. The number of carbonyl (C=O) groups is 1. The molecule has 22 heavy (non-hydrogen) atoms. The highest BCUT2D eigenvalue weighted by Crippen LogP contribution is 2.23. The number of likely N-dealkylation sites (tertiary alicyclic amines) is 1. The third-order valence-electron chi connectivity index (χ3n) is 3.22. The van der Waals surface area contributed by atoms with Crippen molar-refractivity contribution >= 4 is 6.09 Å². The standard InChI is InChI=1S/C16H21F2NO3/c1-16(2,3)22-15(20)19-8-4-5-12(10-19)21-14-7-6-11(17)9-13(14)18/h6-7,9,12H,4-5,8,10H2,1-3H3/t12-/m0/s1. The van der Waals surface area contributed by atoms with Crippen LogP contribution in [0.1, 0.15) is 33.6 Å². The van der Waals surface area contributed by atoms with Crippen LogP contribution in [-0.2, 0) is 4.74 Å². The van der Waals surface area contributed by atoms with E-state index in [1.165, 1.54) is 6.07 Å². The molecular formula is C16H21F2NO3. The molecule has 0 N–H and O–H groups in total. The monoisotopic (exact) mass is 313 g/mol. The summed E-state index contributed by atoms with van der Waals surface area (Å²) in [5.74, 6) is -1.39. The van der Waals surface area contributed by atoms with E-state index in [-0.39, 0.29) is 11.9 Å². The second-order valence-electron chi connectivity index (χ2n) is 6.38. The highest BCUT2D eigenvalue weighted by molar-refractivity contribution is 5.68. The summed E-state index contributed by atoms with van der Waals surface area (Å²) in [4.78, 5) is 13.6. The Bertz CT molecular complexity index is 543. The number of carbonyl (C=O) groups excluding carboxylic acids is 1. The van der Waals surface area contributed by atoms with Crippen LogP contribution in [-0.4, -0.2) is 35.8 Å². The first-order valence-electron chi connectivity index (χ1n) is 7.34. The number of amides is 1. The SMILES string of the molecule is CC(C)(C)OC(=O)N1CCC[C@H](Oc2ccc(F)cc2F)C1. The lowest BCUT2D eigenvalue weighted by atomic mass is 10.1. The zero-order valence-electron chi connectivity index (χ0n) is 13.1. The molecule has 0 bridgehead atoms. The fourth-order valence-corrected chi connectivity index (χ4v) is 2.28. The summed E-state index contributed by atoms with van der Waals surface area (Å²) in [6, 6.07) is 3.19. The summed E-state index contributed by atoms with van der Waals surface area (Å²) in [5, 5.41) is 0. The summed E-state index contributed by atoms with van der Waals surface area (Å²) in [5.41, 5.74) is -0.562. The van der Waals surface area contributed by atoms with E-state index in [0.717, 1.165) is 18.6 Å². The summed E-state index contributed by atoms with van der Waals surface area (Å²) >= 11 is 0. The molecule has 0 unspecified atom stereocenters. The Morgan fingerprint density at radius 3 is 2.68 bits per heavy atom. The molecule has 122 valence electrons. The van der Waals surface area contributed by atoms with Gasteiger partial charge < -0.3 is 14.4 Å². The van der Waals surface area contributed by atoms with E-state index in [4.69, 9.17) is 9.47 Å². The first-order valence-corrected chi connectivity index (χ1v) is 7.34. The Morgan fingerprint density at radius 2 is 2.05 bits per heavy atom. The molecule has 0 spiro atoms. The van der Waals surface area contributed by atoms with Crippen LogP contribution in [0.25, 0.3) is 0 Å². The number of nitrogens with zero attached hydrogens (tertiary/aromatic N) is 1. The van der Waals surface area contributed by atoms with E-state index in [1.807, 2.05) is 0 Å². The van der Waals surface area contributed by atoms with Gasteiger partial charge in [-0.2, -0.15) is 0 Å². The molecule has 4 nitrogen and oxygen atoms in total. The van der Waals surface area contributed by atoms with E-state index in [1.54, 1.807) is 25.7 Å². The average molecular weight is 313 g/mol. The molecule has 1 aliphatic heterocycles. The number of rotatable bonds is 2. The molecule has 1 saturated heterocycles. The fraction of sp³-hybridized carbons (Fsp3) is 0.562. The number of benzene rings is 1. The largest absolute Gasteiger partial charge is 0.486 e. The normalized spacial score (nSPS) is 19.0. The van der Waals surface area contributed by atoms with Gasteiger partial charge in [-0.25, -0.2) is 13.6 Å². The molecule has 1 aliphatic rings. The van der Waals surface area contributed by atoms with Crippen LogP contribution < -0.4 is 4.74 Å². The van der Waals surface area contributed by atoms with Gasteiger partial charge >= 0.3 is 6.09 Å². The Kier molecular flexibility index (Phi) is 4.88. The second kappa shape index (κ2) is 6.50. The topological polar surface area (TPSA) is 38.8 Å². The highest BCUT2D eigenvalue weighted by atomic mass is 19.1. The molecule has 1 amide bonds. The van der Waals surface area contributed by atoms with Gasteiger partial charge in [-0.05, 0) is 45.7 Å². The quantitative estimate of drug-likeness (QED) is 0.835. The van der Waals surface area contributed by atoms with Crippen LogP contribution in [0.3, 0.4) is 0 Å². The van der Waals surface area contributed by atoms with E-state index in [0.29, 0.717) is 19.5 Å². The molecule has 1 aromatic carbocycles. The Morgan fingerprint density at radius 1 is 1.32 bits per heavy atom. The lowest BCUT2D eigenvalue weighted by molar-refractivity contribution is 0.00736. The van der Waals surface area contributed by atoms with E-state index < -0.39 is 23.3 Å². The van der Waals surface area contributed by atoms with Crippen LogP contribution >= 0.6 is 0 Å². The van der Waals surface area contributed by atoms with Crippen molar-refractivity contribution in [2.75, 3.05) is 13.1 Å². The maximum Gasteiger partial charge on any atom is 0.410 e. The molecule has 0 radical (unpaired) electrons. The fourth-order valence-electron chi connectivity index (χ4n) is 2.28. The predicted molar refractivity (Wildman–Crippen MR) is 77.8 cm³/mol. The molecule has 1 fully saturated rings. The number of piperidine rings is 1. The second-order valence-corrected chi connectivity index (χ2v) is 6.38. The van der Waals surface area contributed by atoms with Gasteiger partial charge in [-0.15, -0.1) is 0 Å². The van der Waals surface area contributed by atoms with Crippen molar-refractivity contribution in [2.45, 2.75) is 45.3 Å². The molecule has 2 rings (SSSR count). The first-order chi connectivity index (χ1) is 10.2. The Hall–Kier alpha value is -1.85. The highest BCUT2D eigenvalue weighted by Gasteiger charge is 2.29. The molecule has 1 aromatic rings. The number of hydrogen-bond donors (Lipinski definition) is 0. The smallest absolute Gasteiger partial charge is 0.410 e. The van der Waals surface area contributed by atoms with Crippen LogP contribution in [0.2, 0.25) is 0 Å². The summed E-state index contributed by atoms with van der Waals surface area (Å²) in [6.45, 7) is 6.32. The molecule has 6 heteroatoms. The summed E-state index contributed by atoms with van der Waals surface area (Å²) in [7, 11) is 0. The molecule has 1 heterocycles. The van der Waals surface area contributed by atoms with Gasteiger partial charge in [0.25, 0.3) is 0 Å². The number of hydrogen-bond acceptors (Lipinski definition) is 3. The molecule has 1 atom stereocenters. The number of halogens is 2. The van der Waals surface area contributed by atoms with E-state index in [2.05, 4.69) is 0 Å². The zero-order chi connectivity index (χ0) is 16.3. The molecule has 0 aromatic heterocycles.